The standard InChI is InChI=1S/C18H22N4O3S/c1-3-25-18(24)22-10-8-21(9-11-22)16(23)12-26-17-13(2)19-14-6-4-5-7-15(14)20-17/h4-7H,3,8-12H2,1-2H3. The van der Waals surface area contributed by atoms with Crippen LogP contribution in [0.3, 0.4) is 0 Å². The number of fused-ring (bicyclic) bond motifs is 1. The van der Waals surface area contributed by atoms with Gasteiger partial charge in [-0.3, -0.25) is 4.79 Å². The minimum absolute atomic E-state index is 0.0490. The molecule has 1 aliphatic rings. The van der Waals surface area contributed by atoms with Crippen molar-refractivity contribution in [3.05, 3.63) is 30.0 Å². The highest BCUT2D eigenvalue weighted by Crippen LogP contribution is 2.22. The molecule has 2 aromatic rings. The van der Waals surface area contributed by atoms with E-state index in [1.54, 1.807) is 16.7 Å². The summed E-state index contributed by atoms with van der Waals surface area (Å²) < 4.78 is 4.99. The fraction of sp³-hybridized carbons (Fsp3) is 0.444. The van der Waals surface area contributed by atoms with Crippen molar-refractivity contribution in [2.24, 2.45) is 0 Å². The summed E-state index contributed by atoms with van der Waals surface area (Å²) in [5, 5.41) is 0.780. The maximum Gasteiger partial charge on any atom is 0.409 e. The molecule has 1 aliphatic heterocycles. The van der Waals surface area contributed by atoms with Crippen LogP contribution in [0.25, 0.3) is 11.0 Å². The van der Waals surface area contributed by atoms with E-state index in [0.29, 0.717) is 38.5 Å². The molecule has 2 amide bonds. The molecule has 2 heterocycles. The zero-order chi connectivity index (χ0) is 18.5. The third kappa shape index (κ3) is 4.24. The molecule has 1 aromatic carbocycles. The van der Waals surface area contributed by atoms with Crippen molar-refractivity contribution in [3.8, 4) is 0 Å². The number of benzene rings is 1. The van der Waals surface area contributed by atoms with Crippen molar-refractivity contribution in [2.45, 2.75) is 18.9 Å². The van der Waals surface area contributed by atoms with E-state index in [-0.39, 0.29) is 12.0 Å². The lowest BCUT2D eigenvalue weighted by Crippen LogP contribution is -2.51. The molecule has 0 saturated carbocycles. The van der Waals surface area contributed by atoms with Gasteiger partial charge in [-0.05, 0) is 26.0 Å². The van der Waals surface area contributed by atoms with Gasteiger partial charge in [0.05, 0.1) is 29.1 Å². The number of hydrogen-bond donors (Lipinski definition) is 0. The number of rotatable bonds is 4. The number of carbonyl (C=O) groups is 2. The molecule has 1 saturated heterocycles. The van der Waals surface area contributed by atoms with Gasteiger partial charge < -0.3 is 14.5 Å². The summed E-state index contributed by atoms with van der Waals surface area (Å²) in [6, 6.07) is 7.71. The first kappa shape index (κ1) is 18.4. The van der Waals surface area contributed by atoms with E-state index in [1.807, 2.05) is 31.2 Å². The number of thioether (sulfide) groups is 1. The summed E-state index contributed by atoms with van der Waals surface area (Å²) in [5.41, 5.74) is 2.51. The van der Waals surface area contributed by atoms with Gasteiger partial charge in [0.25, 0.3) is 0 Å². The summed E-state index contributed by atoms with van der Waals surface area (Å²) in [7, 11) is 0. The number of nitrogens with zero attached hydrogens (tertiary/aromatic N) is 4. The second-order valence-electron chi connectivity index (χ2n) is 5.96. The Morgan fingerprint density at radius 1 is 1.08 bits per heavy atom. The van der Waals surface area contributed by atoms with E-state index in [4.69, 9.17) is 4.74 Å². The number of piperazine rings is 1. The van der Waals surface area contributed by atoms with Gasteiger partial charge in [-0.1, -0.05) is 23.9 Å². The van der Waals surface area contributed by atoms with E-state index in [0.717, 1.165) is 21.8 Å². The van der Waals surface area contributed by atoms with Crippen molar-refractivity contribution >= 4 is 34.8 Å². The van der Waals surface area contributed by atoms with Crippen molar-refractivity contribution in [1.82, 2.24) is 19.8 Å². The summed E-state index contributed by atoms with van der Waals surface area (Å²) in [4.78, 5) is 36.8. The Balaban J connectivity index is 1.55. The molecule has 0 aliphatic carbocycles. The van der Waals surface area contributed by atoms with Gasteiger partial charge >= 0.3 is 6.09 Å². The predicted molar refractivity (Wildman–Crippen MR) is 100 cm³/mol. The number of aromatic nitrogens is 2. The first-order valence-corrected chi connectivity index (χ1v) is 9.62. The molecule has 1 fully saturated rings. The third-order valence-corrected chi connectivity index (χ3v) is 5.24. The monoisotopic (exact) mass is 374 g/mol. The normalized spacial score (nSPS) is 14.5. The smallest absolute Gasteiger partial charge is 0.409 e. The van der Waals surface area contributed by atoms with Gasteiger partial charge in [0.1, 0.15) is 5.03 Å². The molecule has 138 valence electrons. The molecule has 0 unspecified atom stereocenters. The molecular weight excluding hydrogens is 352 g/mol. The maximum absolute atomic E-state index is 12.5. The fourth-order valence-electron chi connectivity index (χ4n) is 2.78. The molecule has 0 radical (unpaired) electrons. The van der Waals surface area contributed by atoms with Crippen LogP contribution in [0.1, 0.15) is 12.6 Å². The van der Waals surface area contributed by atoms with Crippen molar-refractivity contribution < 1.29 is 14.3 Å². The summed E-state index contributed by atoms with van der Waals surface area (Å²) in [5.74, 6) is 0.362. The number of hydrogen-bond acceptors (Lipinski definition) is 6. The van der Waals surface area contributed by atoms with E-state index < -0.39 is 0 Å². The quantitative estimate of drug-likeness (QED) is 0.765. The zero-order valence-corrected chi connectivity index (χ0v) is 15.8. The lowest BCUT2D eigenvalue weighted by molar-refractivity contribution is -0.129. The van der Waals surface area contributed by atoms with Gasteiger partial charge in [0, 0.05) is 26.2 Å². The molecule has 0 bridgehead atoms. The maximum atomic E-state index is 12.5. The van der Waals surface area contributed by atoms with Crippen LogP contribution in [0.5, 0.6) is 0 Å². The fourth-order valence-corrected chi connectivity index (χ4v) is 3.64. The molecular formula is C18H22N4O3S. The SMILES string of the molecule is CCOC(=O)N1CCN(C(=O)CSc2nc3ccccc3nc2C)CC1. The van der Waals surface area contributed by atoms with Crippen molar-refractivity contribution in [1.29, 1.82) is 0 Å². The molecule has 8 heteroatoms. The lowest BCUT2D eigenvalue weighted by Gasteiger charge is -2.34. The molecule has 0 atom stereocenters. The van der Waals surface area contributed by atoms with E-state index in [9.17, 15) is 9.59 Å². The molecule has 7 nitrogen and oxygen atoms in total. The van der Waals surface area contributed by atoms with Gasteiger partial charge in [-0.2, -0.15) is 0 Å². The summed E-state index contributed by atoms with van der Waals surface area (Å²) in [6.07, 6.45) is -0.309. The van der Waals surface area contributed by atoms with E-state index >= 15 is 0 Å². The molecule has 0 N–H and O–H groups in total. The van der Waals surface area contributed by atoms with Crippen LogP contribution in [0.4, 0.5) is 4.79 Å². The Morgan fingerprint density at radius 2 is 1.69 bits per heavy atom. The highest BCUT2D eigenvalue weighted by Gasteiger charge is 2.25. The third-order valence-electron chi connectivity index (χ3n) is 4.19. The Bertz CT molecular complexity index is 806. The second-order valence-corrected chi connectivity index (χ2v) is 6.92. The number of carbonyl (C=O) groups excluding carboxylic acids is 2. The summed E-state index contributed by atoms with van der Waals surface area (Å²) in [6.45, 7) is 6.12. The molecule has 26 heavy (non-hydrogen) atoms. The second kappa shape index (κ2) is 8.35. The number of ether oxygens (including phenoxy) is 1. The van der Waals surface area contributed by atoms with Crippen LogP contribution in [0.2, 0.25) is 0 Å². The van der Waals surface area contributed by atoms with Crippen molar-refractivity contribution in [2.75, 3.05) is 38.5 Å². The summed E-state index contributed by atoms with van der Waals surface area (Å²) >= 11 is 1.41. The van der Waals surface area contributed by atoms with Crippen LogP contribution >= 0.6 is 11.8 Å². The predicted octanol–water partition coefficient (Wildman–Crippen LogP) is 2.33. The highest BCUT2D eigenvalue weighted by molar-refractivity contribution is 7.99. The number of amides is 2. The molecule has 1 aromatic heterocycles. The largest absolute Gasteiger partial charge is 0.450 e. The minimum atomic E-state index is -0.309. The average molecular weight is 374 g/mol. The highest BCUT2D eigenvalue weighted by atomic mass is 32.2. The topological polar surface area (TPSA) is 75.6 Å². The van der Waals surface area contributed by atoms with Gasteiger partial charge in [-0.15, -0.1) is 0 Å². The van der Waals surface area contributed by atoms with Gasteiger partial charge in [0.15, 0.2) is 0 Å². The first-order chi connectivity index (χ1) is 12.6. The lowest BCUT2D eigenvalue weighted by atomic mass is 10.3. The minimum Gasteiger partial charge on any atom is -0.450 e. The van der Waals surface area contributed by atoms with Gasteiger partial charge in [-0.25, -0.2) is 14.8 Å². The first-order valence-electron chi connectivity index (χ1n) is 8.64. The molecule has 0 spiro atoms. The van der Waals surface area contributed by atoms with Crippen LogP contribution < -0.4 is 0 Å². The molecule has 3 rings (SSSR count). The van der Waals surface area contributed by atoms with Gasteiger partial charge in [0.2, 0.25) is 5.91 Å². The number of para-hydroxylation sites is 2. The average Bonchev–Trinajstić information content (AvgIpc) is 2.66. The van der Waals surface area contributed by atoms with Crippen LogP contribution in [-0.4, -0.2) is 70.3 Å². The Hall–Kier alpha value is -2.35. The van der Waals surface area contributed by atoms with Crippen LogP contribution in [0, 0.1) is 6.92 Å². The Labute approximate surface area is 156 Å². The number of aryl methyl sites for hydroxylation is 1. The van der Waals surface area contributed by atoms with Crippen LogP contribution in [-0.2, 0) is 9.53 Å². The van der Waals surface area contributed by atoms with E-state index in [1.165, 1.54) is 11.8 Å². The van der Waals surface area contributed by atoms with Crippen molar-refractivity contribution in [3.63, 3.8) is 0 Å². The van der Waals surface area contributed by atoms with Crippen LogP contribution in [0.15, 0.2) is 29.3 Å². The Morgan fingerprint density at radius 3 is 2.35 bits per heavy atom. The van der Waals surface area contributed by atoms with E-state index in [2.05, 4.69) is 9.97 Å². The zero-order valence-electron chi connectivity index (χ0n) is 15.0. The Kier molecular flexibility index (Phi) is 5.92.